The van der Waals surface area contributed by atoms with Crippen molar-refractivity contribution in [3.8, 4) is 22.6 Å². The van der Waals surface area contributed by atoms with E-state index in [1.165, 1.54) is 6.26 Å². The fourth-order valence-corrected chi connectivity index (χ4v) is 3.66. The Kier molecular flexibility index (Phi) is 5.55. The fraction of sp³-hybridized carbons (Fsp3) is 0.222. The summed E-state index contributed by atoms with van der Waals surface area (Å²) in [7, 11) is 1.61. The van der Waals surface area contributed by atoms with Crippen LogP contribution >= 0.6 is 0 Å². The van der Waals surface area contributed by atoms with Gasteiger partial charge in [0.05, 0.1) is 18.1 Å². The lowest BCUT2D eigenvalue weighted by atomic mass is 9.84. The molecule has 3 aromatic carbocycles. The van der Waals surface area contributed by atoms with E-state index in [9.17, 15) is 4.79 Å². The van der Waals surface area contributed by atoms with Gasteiger partial charge in [-0.2, -0.15) is 0 Å². The third-order valence-corrected chi connectivity index (χ3v) is 5.29. The van der Waals surface area contributed by atoms with Crippen molar-refractivity contribution in [3.05, 3.63) is 94.8 Å². The first-order valence-corrected chi connectivity index (χ1v) is 10.3. The molecule has 0 amide bonds. The Morgan fingerprint density at radius 1 is 0.871 bits per heavy atom. The second kappa shape index (κ2) is 8.31. The van der Waals surface area contributed by atoms with Gasteiger partial charge in [-0.25, -0.2) is 0 Å². The van der Waals surface area contributed by atoms with Crippen LogP contribution in [0.2, 0.25) is 0 Å². The van der Waals surface area contributed by atoms with Gasteiger partial charge < -0.3 is 13.9 Å². The number of hydrogen-bond donors (Lipinski definition) is 0. The summed E-state index contributed by atoms with van der Waals surface area (Å²) in [5.41, 5.74) is 2.71. The van der Waals surface area contributed by atoms with E-state index in [4.69, 9.17) is 13.9 Å². The second-order valence-electron chi connectivity index (χ2n) is 8.64. The van der Waals surface area contributed by atoms with Crippen LogP contribution in [0.25, 0.3) is 22.1 Å². The van der Waals surface area contributed by atoms with Crippen molar-refractivity contribution in [1.29, 1.82) is 0 Å². The first-order chi connectivity index (χ1) is 14.9. The van der Waals surface area contributed by atoms with Crippen molar-refractivity contribution in [3.63, 3.8) is 0 Å². The van der Waals surface area contributed by atoms with Gasteiger partial charge >= 0.3 is 0 Å². The van der Waals surface area contributed by atoms with Gasteiger partial charge in [-0.05, 0) is 35.4 Å². The summed E-state index contributed by atoms with van der Waals surface area (Å²) in [6.45, 7) is 6.44. The minimum atomic E-state index is -0.142. The zero-order valence-corrected chi connectivity index (χ0v) is 18.2. The molecule has 31 heavy (non-hydrogen) atoms. The van der Waals surface area contributed by atoms with E-state index < -0.39 is 0 Å². The smallest absolute Gasteiger partial charge is 0.200 e. The van der Waals surface area contributed by atoms with E-state index in [0.29, 0.717) is 22.3 Å². The van der Waals surface area contributed by atoms with Crippen LogP contribution in [-0.2, 0) is 0 Å². The molecule has 4 heteroatoms. The molecule has 4 aromatic rings. The predicted octanol–water partition coefficient (Wildman–Crippen LogP) is 6.63. The van der Waals surface area contributed by atoms with Crippen LogP contribution in [0.15, 0.2) is 88.3 Å². The molecule has 1 unspecified atom stereocenters. The lowest BCUT2D eigenvalue weighted by Crippen LogP contribution is -2.23. The van der Waals surface area contributed by atoms with Crippen molar-refractivity contribution in [2.24, 2.45) is 5.41 Å². The molecule has 0 bridgehead atoms. The number of rotatable bonds is 5. The first-order valence-electron chi connectivity index (χ1n) is 10.3. The predicted molar refractivity (Wildman–Crippen MR) is 124 cm³/mol. The summed E-state index contributed by atoms with van der Waals surface area (Å²) in [6, 6.07) is 22.9. The van der Waals surface area contributed by atoms with Crippen molar-refractivity contribution in [1.82, 2.24) is 0 Å². The van der Waals surface area contributed by atoms with Crippen LogP contribution in [0.3, 0.4) is 0 Å². The molecule has 0 aliphatic carbocycles. The van der Waals surface area contributed by atoms with Gasteiger partial charge in [-0.1, -0.05) is 63.2 Å². The van der Waals surface area contributed by atoms with Gasteiger partial charge in [0.25, 0.3) is 0 Å². The highest BCUT2D eigenvalue weighted by Gasteiger charge is 2.28. The van der Waals surface area contributed by atoms with Crippen LogP contribution in [0, 0.1) is 5.41 Å². The van der Waals surface area contributed by atoms with E-state index in [1.54, 1.807) is 19.2 Å². The average Bonchev–Trinajstić information content (AvgIpc) is 2.77. The molecule has 0 fully saturated rings. The molecule has 0 N–H and O–H groups in total. The van der Waals surface area contributed by atoms with Crippen molar-refractivity contribution >= 4 is 11.0 Å². The van der Waals surface area contributed by atoms with Crippen LogP contribution in [0.4, 0.5) is 0 Å². The molecule has 4 nitrogen and oxygen atoms in total. The van der Waals surface area contributed by atoms with Crippen LogP contribution < -0.4 is 14.9 Å². The quantitative estimate of drug-likeness (QED) is 0.367. The summed E-state index contributed by atoms with van der Waals surface area (Å²) >= 11 is 0. The molecule has 0 spiro atoms. The Hall–Kier alpha value is -3.53. The monoisotopic (exact) mass is 414 g/mol. The Morgan fingerprint density at radius 3 is 2.19 bits per heavy atom. The zero-order valence-electron chi connectivity index (χ0n) is 18.2. The summed E-state index contributed by atoms with van der Waals surface area (Å²) in [5, 5.41) is 0.521. The summed E-state index contributed by atoms with van der Waals surface area (Å²) < 4.78 is 17.4. The van der Waals surface area contributed by atoms with Gasteiger partial charge in [0.15, 0.2) is 5.43 Å². The van der Waals surface area contributed by atoms with Crippen LogP contribution in [0.5, 0.6) is 11.5 Å². The molecule has 0 saturated carbocycles. The molecular formula is C27H26O4. The fourth-order valence-electron chi connectivity index (χ4n) is 3.66. The molecule has 1 heterocycles. The Bertz CT molecular complexity index is 1230. The standard InChI is InChI=1S/C27H26O4/c1-27(2,3)26(19-8-6-5-7-9-19)31-21-14-15-22-24(16-21)30-17-23(25(22)28)18-10-12-20(29-4)13-11-18/h5-17,26H,1-4H3. The second-order valence-corrected chi connectivity index (χ2v) is 8.64. The number of benzene rings is 3. The van der Waals surface area contributed by atoms with E-state index >= 15 is 0 Å². The molecule has 0 aliphatic rings. The topological polar surface area (TPSA) is 48.7 Å². The van der Waals surface area contributed by atoms with Gasteiger partial charge in [0.1, 0.15) is 29.4 Å². The average molecular weight is 415 g/mol. The summed E-state index contributed by atoms with van der Waals surface area (Å²) in [4.78, 5) is 13.1. The summed E-state index contributed by atoms with van der Waals surface area (Å²) in [5.74, 6) is 1.40. The molecule has 1 aromatic heterocycles. The highest BCUT2D eigenvalue weighted by Crippen LogP contribution is 2.37. The van der Waals surface area contributed by atoms with Gasteiger partial charge in [0.2, 0.25) is 0 Å². The number of hydrogen-bond acceptors (Lipinski definition) is 4. The number of fused-ring (bicyclic) bond motifs is 1. The molecule has 0 radical (unpaired) electrons. The molecular weight excluding hydrogens is 388 g/mol. The highest BCUT2D eigenvalue weighted by atomic mass is 16.5. The number of methoxy groups -OCH3 is 1. The number of ether oxygens (including phenoxy) is 2. The Balaban J connectivity index is 1.69. The maximum Gasteiger partial charge on any atom is 0.200 e. The van der Waals surface area contributed by atoms with Crippen molar-refractivity contribution in [2.75, 3.05) is 7.11 Å². The van der Waals surface area contributed by atoms with E-state index in [1.807, 2.05) is 48.5 Å². The van der Waals surface area contributed by atoms with Gasteiger partial charge in [-0.15, -0.1) is 0 Å². The maximum absolute atomic E-state index is 13.1. The minimum Gasteiger partial charge on any atom is -0.497 e. The van der Waals surface area contributed by atoms with Gasteiger partial charge in [0, 0.05) is 11.5 Å². The van der Waals surface area contributed by atoms with E-state index in [2.05, 4.69) is 32.9 Å². The van der Waals surface area contributed by atoms with E-state index in [-0.39, 0.29) is 16.9 Å². The third kappa shape index (κ3) is 4.33. The Morgan fingerprint density at radius 2 is 1.55 bits per heavy atom. The third-order valence-electron chi connectivity index (χ3n) is 5.29. The molecule has 4 rings (SSSR count). The van der Waals surface area contributed by atoms with E-state index in [0.717, 1.165) is 16.9 Å². The van der Waals surface area contributed by atoms with Gasteiger partial charge in [-0.3, -0.25) is 4.79 Å². The summed E-state index contributed by atoms with van der Waals surface area (Å²) in [6.07, 6.45) is 1.37. The Labute approximate surface area is 182 Å². The normalized spacial score (nSPS) is 12.5. The molecule has 0 saturated heterocycles. The molecule has 1 atom stereocenters. The van der Waals surface area contributed by atoms with Crippen molar-refractivity contribution in [2.45, 2.75) is 26.9 Å². The zero-order chi connectivity index (χ0) is 22.0. The molecule has 158 valence electrons. The largest absolute Gasteiger partial charge is 0.497 e. The van der Waals surface area contributed by atoms with Crippen LogP contribution in [-0.4, -0.2) is 7.11 Å². The van der Waals surface area contributed by atoms with Crippen LogP contribution in [0.1, 0.15) is 32.4 Å². The lowest BCUT2D eigenvalue weighted by molar-refractivity contribution is 0.0869. The maximum atomic E-state index is 13.1. The van der Waals surface area contributed by atoms with Crippen molar-refractivity contribution < 1.29 is 13.9 Å². The first kappa shape index (κ1) is 20.7. The molecule has 0 aliphatic heterocycles. The SMILES string of the molecule is COc1ccc(-c2coc3cc(OC(c4ccccc4)C(C)(C)C)ccc3c2=O)cc1. The highest BCUT2D eigenvalue weighted by molar-refractivity contribution is 5.82. The minimum absolute atomic E-state index is 0.0756. The lowest BCUT2D eigenvalue weighted by Gasteiger charge is -2.31.